The van der Waals surface area contributed by atoms with Gasteiger partial charge in [-0.15, -0.1) is 0 Å². The highest BCUT2D eigenvalue weighted by Gasteiger charge is 2.14. The predicted molar refractivity (Wildman–Crippen MR) is 73.5 cm³/mol. The average molecular weight is 242 g/mol. The van der Waals surface area contributed by atoms with Gasteiger partial charge in [0.05, 0.1) is 0 Å². The molecule has 17 heavy (non-hydrogen) atoms. The lowest BCUT2D eigenvalue weighted by molar-refractivity contribution is 0.130. The molecule has 102 valence electrons. The molecule has 3 heteroatoms. The fourth-order valence-corrected chi connectivity index (χ4v) is 2.49. The molecular weight excluding hydrogens is 212 g/mol. The van der Waals surface area contributed by atoms with Crippen LogP contribution in [0.2, 0.25) is 0 Å². The molecule has 1 aliphatic rings. The normalized spacial score (nSPS) is 18.7. The molecule has 0 atom stereocenters. The van der Waals surface area contributed by atoms with Gasteiger partial charge in [0.1, 0.15) is 0 Å². The Bertz CT molecular complexity index is 168. The minimum absolute atomic E-state index is 0.926. The van der Waals surface area contributed by atoms with Crippen LogP contribution in [0.4, 0.5) is 0 Å². The van der Waals surface area contributed by atoms with Crippen LogP contribution in [0.15, 0.2) is 0 Å². The quantitative estimate of drug-likeness (QED) is 0.577. The summed E-state index contributed by atoms with van der Waals surface area (Å²) >= 11 is 0. The third-order valence-electron chi connectivity index (χ3n) is 3.58. The largest absolute Gasteiger partial charge is 0.385 e. The van der Waals surface area contributed by atoms with E-state index in [0.717, 1.165) is 6.61 Å². The van der Waals surface area contributed by atoms with Gasteiger partial charge in [-0.3, -0.25) is 0 Å². The van der Waals surface area contributed by atoms with E-state index in [0.29, 0.717) is 0 Å². The maximum Gasteiger partial charge on any atom is 0.0462 e. The Labute approximate surface area is 107 Å². The number of methoxy groups -OCH3 is 1. The summed E-state index contributed by atoms with van der Waals surface area (Å²) < 4.78 is 5.06. The van der Waals surface area contributed by atoms with Crippen LogP contribution in [0.5, 0.6) is 0 Å². The lowest BCUT2D eigenvalue weighted by atomic mass is 10.2. The summed E-state index contributed by atoms with van der Waals surface area (Å²) in [5.74, 6) is 0. The smallest absolute Gasteiger partial charge is 0.0462 e. The van der Waals surface area contributed by atoms with Crippen molar-refractivity contribution in [3.63, 3.8) is 0 Å². The molecule has 0 N–H and O–H groups in total. The molecule has 0 amide bonds. The molecule has 0 aromatic rings. The second kappa shape index (κ2) is 9.86. The molecule has 1 fully saturated rings. The highest BCUT2D eigenvalue weighted by Crippen LogP contribution is 2.06. The molecule has 1 rings (SSSR count). The highest BCUT2D eigenvalue weighted by molar-refractivity contribution is 4.71. The maximum atomic E-state index is 5.06. The third-order valence-corrected chi connectivity index (χ3v) is 3.58. The number of unbranched alkanes of at least 4 members (excludes halogenated alkanes) is 3. The maximum absolute atomic E-state index is 5.06. The van der Waals surface area contributed by atoms with Crippen LogP contribution in [0, 0.1) is 0 Å². The number of ether oxygens (including phenoxy) is 1. The van der Waals surface area contributed by atoms with E-state index in [1.54, 1.807) is 7.11 Å². The molecule has 1 heterocycles. The van der Waals surface area contributed by atoms with Crippen molar-refractivity contribution in [2.45, 2.75) is 39.0 Å². The van der Waals surface area contributed by atoms with Crippen molar-refractivity contribution in [3.05, 3.63) is 0 Å². The predicted octanol–water partition coefficient (Wildman–Crippen LogP) is 2.22. The van der Waals surface area contributed by atoms with E-state index in [9.17, 15) is 0 Å². The Balaban J connectivity index is 1.91. The highest BCUT2D eigenvalue weighted by atomic mass is 16.5. The van der Waals surface area contributed by atoms with Crippen molar-refractivity contribution in [1.29, 1.82) is 0 Å². The fourth-order valence-electron chi connectivity index (χ4n) is 2.49. The summed E-state index contributed by atoms with van der Waals surface area (Å²) in [6.07, 6.45) is 6.56. The monoisotopic (exact) mass is 242 g/mol. The number of piperazine rings is 1. The lowest BCUT2D eigenvalue weighted by Gasteiger charge is -2.34. The summed E-state index contributed by atoms with van der Waals surface area (Å²) in [5, 5.41) is 0. The van der Waals surface area contributed by atoms with Crippen LogP contribution in [0.25, 0.3) is 0 Å². The van der Waals surface area contributed by atoms with Gasteiger partial charge < -0.3 is 14.5 Å². The standard InChI is InChI=1S/C14H30N2O/c1-3-8-15-10-12-16(13-11-15)9-6-4-5-7-14-17-2/h3-14H2,1-2H3. The molecule has 0 unspecified atom stereocenters. The van der Waals surface area contributed by atoms with Crippen molar-refractivity contribution >= 4 is 0 Å². The molecule has 0 spiro atoms. The van der Waals surface area contributed by atoms with E-state index >= 15 is 0 Å². The van der Waals surface area contributed by atoms with Gasteiger partial charge in [-0.2, -0.15) is 0 Å². The molecule has 0 aromatic heterocycles. The molecule has 0 saturated carbocycles. The van der Waals surface area contributed by atoms with Crippen molar-refractivity contribution in [2.75, 3.05) is 53.0 Å². The first-order valence-corrected chi connectivity index (χ1v) is 7.30. The lowest BCUT2D eigenvalue weighted by Crippen LogP contribution is -2.46. The van der Waals surface area contributed by atoms with E-state index < -0.39 is 0 Å². The third kappa shape index (κ3) is 7.02. The zero-order valence-corrected chi connectivity index (χ0v) is 11.8. The van der Waals surface area contributed by atoms with Gasteiger partial charge in [0.2, 0.25) is 0 Å². The van der Waals surface area contributed by atoms with Crippen LogP contribution in [-0.2, 0) is 4.74 Å². The van der Waals surface area contributed by atoms with Gasteiger partial charge in [0.25, 0.3) is 0 Å². The van der Waals surface area contributed by atoms with E-state index in [-0.39, 0.29) is 0 Å². The minimum Gasteiger partial charge on any atom is -0.385 e. The van der Waals surface area contributed by atoms with Gasteiger partial charge in [0.15, 0.2) is 0 Å². The van der Waals surface area contributed by atoms with Crippen LogP contribution >= 0.6 is 0 Å². The van der Waals surface area contributed by atoms with E-state index in [4.69, 9.17) is 4.74 Å². The van der Waals surface area contributed by atoms with E-state index in [1.807, 2.05) is 0 Å². The summed E-state index contributed by atoms with van der Waals surface area (Å²) in [5.41, 5.74) is 0. The summed E-state index contributed by atoms with van der Waals surface area (Å²) in [7, 11) is 1.79. The Hall–Kier alpha value is -0.120. The van der Waals surface area contributed by atoms with Crippen molar-refractivity contribution in [3.8, 4) is 0 Å². The molecule has 0 aromatic carbocycles. The Morgan fingerprint density at radius 2 is 1.41 bits per heavy atom. The first-order valence-electron chi connectivity index (χ1n) is 7.30. The molecule has 0 aliphatic carbocycles. The zero-order valence-electron chi connectivity index (χ0n) is 11.8. The second-order valence-corrected chi connectivity index (χ2v) is 5.09. The summed E-state index contributed by atoms with van der Waals surface area (Å²) in [4.78, 5) is 5.22. The topological polar surface area (TPSA) is 15.7 Å². The van der Waals surface area contributed by atoms with Crippen molar-refractivity contribution in [1.82, 2.24) is 9.80 Å². The summed E-state index contributed by atoms with van der Waals surface area (Å²) in [6.45, 7) is 10.9. The zero-order chi connectivity index (χ0) is 12.3. The van der Waals surface area contributed by atoms with Crippen LogP contribution in [0.1, 0.15) is 39.0 Å². The average Bonchev–Trinajstić information content (AvgIpc) is 2.36. The van der Waals surface area contributed by atoms with Gasteiger partial charge in [-0.05, 0) is 32.4 Å². The van der Waals surface area contributed by atoms with Crippen LogP contribution < -0.4 is 0 Å². The summed E-state index contributed by atoms with van der Waals surface area (Å²) in [6, 6.07) is 0. The first kappa shape index (κ1) is 14.9. The minimum atomic E-state index is 0.926. The molecule has 1 saturated heterocycles. The molecular formula is C14H30N2O. The number of rotatable bonds is 9. The van der Waals surface area contributed by atoms with Gasteiger partial charge in [0, 0.05) is 39.9 Å². The van der Waals surface area contributed by atoms with Gasteiger partial charge >= 0.3 is 0 Å². The molecule has 3 nitrogen and oxygen atoms in total. The number of hydrogen-bond acceptors (Lipinski definition) is 3. The molecule has 1 aliphatic heterocycles. The van der Waals surface area contributed by atoms with Crippen molar-refractivity contribution < 1.29 is 4.74 Å². The molecule has 0 bridgehead atoms. The van der Waals surface area contributed by atoms with E-state index in [1.165, 1.54) is 71.4 Å². The Kier molecular flexibility index (Phi) is 8.67. The fraction of sp³-hybridized carbons (Fsp3) is 1.00. The van der Waals surface area contributed by atoms with Gasteiger partial charge in [-0.25, -0.2) is 0 Å². The van der Waals surface area contributed by atoms with Crippen molar-refractivity contribution in [2.24, 2.45) is 0 Å². The number of nitrogens with zero attached hydrogens (tertiary/aromatic N) is 2. The van der Waals surface area contributed by atoms with Crippen LogP contribution in [-0.4, -0.2) is 62.8 Å². The van der Waals surface area contributed by atoms with Gasteiger partial charge in [-0.1, -0.05) is 19.8 Å². The van der Waals surface area contributed by atoms with E-state index in [2.05, 4.69) is 16.7 Å². The number of hydrogen-bond donors (Lipinski definition) is 0. The first-order chi connectivity index (χ1) is 8.36. The Morgan fingerprint density at radius 1 is 0.824 bits per heavy atom. The van der Waals surface area contributed by atoms with Crippen LogP contribution in [0.3, 0.4) is 0 Å². The SMILES string of the molecule is CCCN1CCN(CCCCCCOC)CC1. The molecule has 0 radical (unpaired) electrons. The second-order valence-electron chi connectivity index (χ2n) is 5.09. The Morgan fingerprint density at radius 3 is 2.00 bits per heavy atom.